The minimum Gasteiger partial charge on any atom is -0.497 e. The number of fused-ring (bicyclic) bond motifs is 3. The summed E-state index contributed by atoms with van der Waals surface area (Å²) in [6.07, 6.45) is 3.32. The number of rotatable bonds is 8. The Kier molecular flexibility index (Phi) is 6.69. The smallest absolute Gasteiger partial charge is 0.243 e. The van der Waals surface area contributed by atoms with E-state index >= 15 is 0 Å². The number of anilines is 2. The normalized spacial score (nSPS) is 12.5. The lowest BCUT2D eigenvalue weighted by Crippen LogP contribution is -2.31. The Morgan fingerprint density at radius 3 is 2.68 bits per heavy atom. The first-order valence-electron chi connectivity index (χ1n) is 11.2. The van der Waals surface area contributed by atoms with Crippen molar-refractivity contribution in [3.63, 3.8) is 0 Å². The van der Waals surface area contributed by atoms with Gasteiger partial charge in [0.2, 0.25) is 5.91 Å². The van der Waals surface area contributed by atoms with E-state index in [9.17, 15) is 4.79 Å². The van der Waals surface area contributed by atoms with E-state index < -0.39 is 0 Å². The number of thiophene rings is 1. The Balaban J connectivity index is 1.38. The number of amides is 1. The summed E-state index contributed by atoms with van der Waals surface area (Å²) in [5.74, 6) is 2.98. The van der Waals surface area contributed by atoms with E-state index in [4.69, 9.17) is 14.7 Å². The van der Waals surface area contributed by atoms with Crippen molar-refractivity contribution in [2.75, 3.05) is 30.9 Å². The average molecular weight is 491 g/mol. The zero-order valence-electron chi connectivity index (χ0n) is 19.2. The highest BCUT2D eigenvalue weighted by Crippen LogP contribution is 2.40. The molecule has 0 fully saturated rings. The molecule has 8 heteroatoms. The van der Waals surface area contributed by atoms with Gasteiger partial charge in [-0.2, -0.15) is 0 Å². The molecule has 0 unspecified atom stereocenters. The van der Waals surface area contributed by atoms with Gasteiger partial charge in [0.25, 0.3) is 0 Å². The fourth-order valence-electron chi connectivity index (χ4n) is 4.19. The van der Waals surface area contributed by atoms with Gasteiger partial charge in [-0.05, 0) is 61.2 Å². The fourth-order valence-corrected chi connectivity index (χ4v) is 6.24. The Bertz CT molecular complexity index is 1310. The Hall–Kier alpha value is -3.10. The van der Waals surface area contributed by atoms with E-state index in [1.54, 1.807) is 30.2 Å². The molecule has 2 aromatic carbocycles. The van der Waals surface area contributed by atoms with Crippen molar-refractivity contribution in [2.24, 2.45) is 0 Å². The first-order valence-corrected chi connectivity index (χ1v) is 13.0. The van der Waals surface area contributed by atoms with Crippen LogP contribution in [0.5, 0.6) is 5.75 Å². The molecule has 0 atom stereocenters. The minimum atomic E-state index is -0.0912. The Labute approximate surface area is 207 Å². The van der Waals surface area contributed by atoms with Crippen molar-refractivity contribution in [3.05, 3.63) is 70.9 Å². The maximum absolute atomic E-state index is 12.8. The van der Waals surface area contributed by atoms with Crippen LogP contribution in [0.2, 0.25) is 0 Å². The number of aryl methyl sites for hydroxylation is 2. The topological polar surface area (TPSA) is 67.3 Å². The maximum atomic E-state index is 12.8. The number of benzene rings is 2. The van der Waals surface area contributed by atoms with Gasteiger partial charge < -0.3 is 15.0 Å². The molecule has 0 bridgehead atoms. The van der Waals surface area contributed by atoms with Crippen molar-refractivity contribution in [2.45, 2.75) is 29.9 Å². The molecule has 0 spiro atoms. The van der Waals surface area contributed by atoms with Crippen LogP contribution in [-0.4, -0.2) is 36.6 Å². The van der Waals surface area contributed by atoms with Crippen LogP contribution in [0.15, 0.2) is 59.5 Å². The molecule has 0 saturated heterocycles. The largest absolute Gasteiger partial charge is 0.497 e. The number of hydrogen-bond donors (Lipinski definition) is 1. The van der Waals surface area contributed by atoms with Crippen LogP contribution in [0.25, 0.3) is 10.2 Å². The standard InChI is InChI=1S/C26H26N4O2S2/c1-30(15-23(31)27-17-11-13-18(32-2)14-12-17)25-24-20-9-6-10-21(20)34-26(24)29-22(28-25)16-33-19-7-4-3-5-8-19/h3-5,7-8,11-14H,6,9-10,15-16H2,1-2H3,(H,27,31). The van der Waals surface area contributed by atoms with Crippen LogP contribution in [0, 0.1) is 0 Å². The number of carbonyl (C=O) groups is 1. The number of thioether (sulfide) groups is 1. The zero-order valence-corrected chi connectivity index (χ0v) is 20.8. The third-order valence-electron chi connectivity index (χ3n) is 5.82. The number of likely N-dealkylation sites (N-methyl/N-ethyl adjacent to an activating group) is 1. The molecule has 1 N–H and O–H groups in total. The highest BCUT2D eigenvalue weighted by Gasteiger charge is 2.24. The highest BCUT2D eigenvalue weighted by atomic mass is 32.2. The number of nitrogens with zero attached hydrogens (tertiary/aromatic N) is 3. The van der Waals surface area contributed by atoms with E-state index in [1.807, 2.05) is 54.4 Å². The Morgan fingerprint density at radius 1 is 1.12 bits per heavy atom. The first kappa shape index (κ1) is 22.7. The summed E-state index contributed by atoms with van der Waals surface area (Å²) in [6, 6.07) is 17.6. The van der Waals surface area contributed by atoms with Gasteiger partial charge in [0.05, 0.1) is 24.8 Å². The zero-order chi connectivity index (χ0) is 23.5. The number of aromatic nitrogens is 2. The van der Waals surface area contributed by atoms with Gasteiger partial charge in [-0.15, -0.1) is 23.1 Å². The van der Waals surface area contributed by atoms with Crippen molar-refractivity contribution in [1.82, 2.24) is 9.97 Å². The molecule has 0 aliphatic heterocycles. The molecule has 34 heavy (non-hydrogen) atoms. The minimum absolute atomic E-state index is 0.0912. The van der Waals surface area contributed by atoms with Crippen molar-refractivity contribution in [3.8, 4) is 5.75 Å². The van der Waals surface area contributed by atoms with Gasteiger partial charge in [-0.25, -0.2) is 9.97 Å². The molecule has 6 nitrogen and oxygen atoms in total. The molecule has 1 amide bonds. The average Bonchev–Trinajstić information content (AvgIpc) is 3.44. The number of ether oxygens (including phenoxy) is 1. The molecule has 2 aromatic heterocycles. The lowest BCUT2D eigenvalue weighted by Gasteiger charge is -2.20. The molecular formula is C26H26N4O2S2. The van der Waals surface area contributed by atoms with Crippen LogP contribution in [0.3, 0.4) is 0 Å². The lowest BCUT2D eigenvalue weighted by atomic mass is 10.2. The molecular weight excluding hydrogens is 464 g/mol. The maximum Gasteiger partial charge on any atom is 0.243 e. The van der Waals surface area contributed by atoms with Gasteiger partial charge in [-0.1, -0.05) is 18.2 Å². The molecule has 1 aliphatic rings. The predicted molar refractivity (Wildman–Crippen MR) is 140 cm³/mol. The second-order valence-electron chi connectivity index (χ2n) is 8.24. The van der Waals surface area contributed by atoms with Crippen LogP contribution >= 0.6 is 23.1 Å². The predicted octanol–water partition coefficient (Wildman–Crippen LogP) is 5.56. The SMILES string of the molecule is COc1ccc(NC(=O)CN(C)c2nc(CSc3ccccc3)nc3sc4c(c23)CCC4)cc1. The van der Waals surface area contributed by atoms with Crippen LogP contribution in [-0.2, 0) is 23.4 Å². The summed E-state index contributed by atoms with van der Waals surface area (Å²) in [4.78, 5) is 28.3. The molecule has 5 rings (SSSR count). The van der Waals surface area contributed by atoms with Gasteiger partial charge in [0, 0.05) is 22.5 Å². The second kappa shape index (κ2) is 10.0. The van der Waals surface area contributed by atoms with Crippen LogP contribution < -0.4 is 15.0 Å². The van der Waals surface area contributed by atoms with E-state index in [0.29, 0.717) is 5.75 Å². The van der Waals surface area contributed by atoms with Gasteiger partial charge in [0.15, 0.2) is 0 Å². The quantitative estimate of drug-likeness (QED) is 0.326. The lowest BCUT2D eigenvalue weighted by molar-refractivity contribution is -0.114. The van der Waals surface area contributed by atoms with Gasteiger partial charge >= 0.3 is 0 Å². The van der Waals surface area contributed by atoms with Gasteiger partial charge in [0.1, 0.15) is 22.2 Å². The summed E-state index contributed by atoms with van der Waals surface area (Å²) in [5.41, 5.74) is 2.10. The number of methoxy groups -OCH3 is 1. The summed E-state index contributed by atoms with van der Waals surface area (Å²) in [7, 11) is 3.56. The van der Waals surface area contributed by atoms with E-state index in [-0.39, 0.29) is 12.5 Å². The summed E-state index contributed by atoms with van der Waals surface area (Å²) in [5, 5.41) is 4.08. The van der Waals surface area contributed by atoms with E-state index in [0.717, 1.165) is 46.1 Å². The van der Waals surface area contributed by atoms with Crippen molar-refractivity contribution in [1.29, 1.82) is 0 Å². The molecule has 0 saturated carbocycles. The highest BCUT2D eigenvalue weighted by molar-refractivity contribution is 7.98. The Morgan fingerprint density at radius 2 is 1.91 bits per heavy atom. The summed E-state index contributed by atoms with van der Waals surface area (Å²) in [6.45, 7) is 0.202. The molecule has 1 aliphatic carbocycles. The summed E-state index contributed by atoms with van der Waals surface area (Å²) >= 11 is 3.50. The third kappa shape index (κ3) is 4.88. The van der Waals surface area contributed by atoms with Gasteiger partial charge in [-0.3, -0.25) is 4.79 Å². The number of nitrogens with one attached hydrogen (secondary N) is 1. The third-order valence-corrected chi connectivity index (χ3v) is 8.01. The van der Waals surface area contributed by atoms with Crippen LogP contribution in [0.4, 0.5) is 11.5 Å². The summed E-state index contributed by atoms with van der Waals surface area (Å²) < 4.78 is 5.19. The number of carbonyl (C=O) groups excluding carboxylic acids is 1. The monoisotopic (exact) mass is 490 g/mol. The van der Waals surface area contributed by atoms with Crippen molar-refractivity contribution < 1.29 is 9.53 Å². The fraction of sp³-hybridized carbons (Fsp3) is 0.269. The van der Waals surface area contributed by atoms with E-state index in [2.05, 4.69) is 17.4 Å². The second-order valence-corrected chi connectivity index (χ2v) is 10.4. The molecule has 0 radical (unpaired) electrons. The van der Waals surface area contributed by atoms with Crippen LogP contribution in [0.1, 0.15) is 22.7 Å². The molecule has 174 valence electrons. The molecule has 4 aromatic rings. The van der Waals surface area contributed by atoms with E-state index in [1.165, 1.54) is 21.8 Å². The first-order chi connectivity index (χ1) is 16.6. The van der Waals surface area contributed by atoms with Crippen molar-refractivity contribution >= 4 is 50.7 Å². The number of hydrogen-bond acceptors (Lipinski definition) is 7. The molecule has 2 heterocycles.